The molecule has 39 heavy (non-hydrogen) atoms. The maximum atomic E-state index is 15.0. The van der Waals surface area contributed by atoms with Crippen LogP contribution in [0.25, 0.3) is 11.1 Å². The fraction of sp³-hybridized carbons (Fsp3) is 0.448. The molecule has 0 radical (unpaired) electrons. The third-order valence-electron chi connectivity index (χ3n) is 7.54. The molecule has 0 bridgehead atoms. The van der Waals surface area contributed by atoms with Crippen LogP contribution in [0.5, 0.6) is 0 Å². The molecule has 8 nitrogen and oxygen atoms in total. The molecule has 208 valence electrons. The molecular formula is C29H36F2N6O2. The molecule has 1 fully saturated rings. The van der Waals surface area contributed by atoms with Gasteiger partial charge in [-0.15, -0.1) is 0 Å². The molecule has 0 spiro atoms. The number of hydrazine groups is 1. The van der Waals surface area contributed by atoms with Gasteiger partial charge in [-0.25, -0.2) is 14.2 Å². The number of aliphatic imine (C=N–C) groups is 1. The normalized spacial score (nSPS) is 19.6. The van der Waals surface area contributed by atoms with Gasteiger partial charge in [-0.05, 0) is 49.1 Å². The molecular weight excluding hydrogens is 502 g/mol. The molecule has 0 amide bonds. The lowest BCUT2D eigenvalue weighted by Gasteiger charge is -2.35. The smallest absolute Gasteiger partial charge is 0.133 e. The van der Waals surface area contributed by atoms with Crippen molar-refractivity contribution in [3.8, 4) is 11.1 Å². The van der Waals surface area contributed by atoms with Gasteiger partial charge in [0.1, 0.15) is 17.9 Å². The van der Waals surface area contributed by atoms with Crippen LogP contribution in [0.3, 0.4) is 0 Å². The number of aldehydes is 1. The number of benzene rings is 2. The molecule has 3 aliphatic heterocycles. The summed E-state index contributed by atoms with van der Waals surface area (Å²) in [7, 11) is 0. The zero-order valence-electron chi connectivity index (χ0n) is 22.3. The standard InChI is InChI=1S/C29H36F2N6O2/c1-2-39-13-8-32-17-24-25(30)14-20(15-26(24)31)23-4-3-5-27-29(23)35-28(18-33-27)21-16-34-37(19-21)22-6-9-36(10-7-22)11-12-38/h3-5,12,14-15,18-19,22,28,32,34-35H,2,6-11,13,16-17H2,1H3. The predicted octanol–water partition coefficient (Wildman–Crippen LogP) is 3.62. The van der Waals surface area contributed by atoms with Crippen LogP contribution in [-0.4, -0.2) is 80.4 Å². The van der Waals surface area contributed by atoms with E-state index in [0.717, 1.165) is 49.2 Å². The van der Waals surface area contributed by atoms with E-state index in [1.54, 1.807) is 0 Å². The highest BCUT2D eigenvalue weighted by molar-refractivity contribution is 5.93. The van der Waals surface area contributed by atoms with Gasteiger partial charge in [-0.2, -0.15) is 0 Å². The van der Waals surface area contributed by atoms with E-state index in [0.29, 0.717) is 50.0 Å². The maximum Gasteiger partial charge on any atom is 0.133 e. The van der Waals surface area contributed by atoms with Crippen molar-refractivity contribution in [1.82, 2.24) is 20.7 Å². The molecule has 0 aliphatic carbocycles. The molecule has 3 aliphatic rings. The number of fused-ring (bicyclic) bond motifs is 1. The van der Waals surface area contributed by atoms with Crippen molar-refractivity contribution in [1.29, 1.82) is 0 Å². The SMILES string of the molecule is CCOCCNCc1c(F)cc(-c2cccc3c2NC(C2=CN(C4CCN(CC=O)CC4)NC2)C=N3)cc1F. The van der Waals surface area contributed by atoms with Gasteiger partial charge in [0.05, 0.1) is 30.6 Å². The van der Waals surface area contributed by atoms with Crippen LogP contribution >= 0.6 is 0 Å². The summed E-state index contributed by atoms with van der Waals surface area (Å²) in [5, 5.41) is 8.77. The highest BCUT2D eigenvalue weighted by atomic mass is 19.1. The van der Waals surface area contributed by atoms with Gasteiger partial charge in [-0.3, -0.25) is 9.89 Å². The van der Waals surface area contributed by atoms with E-state index < -0.39 is 11.6 Å². The summed E-state index contributed by atoms with van der Waals surface area (Å²) < 4.78 is 35.3. The minimum atomic E-state index is -0.583. The topological polar surface area (TPSA) is 81.2 Å². The zero-order chi connectivity index (χ0) is 27.2. The Labute approximate surface area is 228 Å². The van der Waals surface area contributed by atoms with E-state index in [2.05, 4.69) is 37.2 Å². The largest absolute Gasteiger partial charge is 0.380 e. The first-order valence-corrected chi connectivity index (χ1v) is 13.7. The Morgan fingerprint density at radius 1 is 1.21 bits per heavy atom. The van der Waals surface area contributed by atoms with E-state index >= 15 is 8.78 Å². The van der Waals surface area contributed by atoms with E-state index in [9.17, 15) is 4.79 Å². The minimum absolute atomic E-state index is 0.0168. The number of hydrogen-bond acceptors (Lipinski definition) is 8. The van der Waals surface area contributed by atoms with Crippen LogP contribution in [0.15, 0.2) is 47.1 Å². The first-order chi connectivity index (χ1) is 19.1. The second kappa shape index (κ2) is 12.8. The van der Waals surface area contributed by atoms with Gasteiger partial charge in [0.2, 0.25) is 0 Å². The summed E-state index contributed by atoms with van der Waals surface area (Å²) in [6.45, 7) is 6.60. The van der Waals surface area contributed by atoms with Crippen LogP contribution in [0, 0.1) is 11.6 Å². The third-order valence-corrected chi connectivity index (χ3v) is 7.54. The van der Waals surface area contributed by atoms with Gasteiger partial charge in [0.15, 0.2) is 0 Å². The van der Waals surface area contributed by atoms with Crippen molar-refractivity contribution < 1.29 is 18.3 Å². The zero-order valence-corrected chi connectivity index (χ0v) is 22.3. The Bertz CT molecular complexity index is 1210. The number of nitrogens with zero attached hydrogens (tertiary/aromatic N) is 3. The molecule has 1 atom stereocenters. The van der Waals surface area contributed by atoms with E-state index in [1.165, 1.54) is 12.1 Å². The number of para-hydroxylation sites is 1. The Hall–Kier alpha value is -3.18. The first-order valence-electron chi connectivity index (χ1n) is 13.7. The summed E-state index contributed by atoms with van der Waals surface area (Å²) in [5.41, 5.74) is 7.29. The summed E-state index contributed by atoms with van der Waals surface area (Å²) >= 11 is 0. The summed E-state index contributed by atoms with van der Waals surface area (Å²) in [5.74, 6) is -1.17. The molecule has 2 aromatic carbocycles. The quantitative estimate of drug-likeness (QED) is 0.298. The first kappa shape index (κ1) is 27.4. The van der Waals surface area contributed by atoms with Gasteiger partial charge >= 0.3 is 0 Å². The highest BCUT2D eigenvalue weighted by Gasteiger charge is 2.29. The monoisotopic (exact) mass is 538 g/mol. The molecule has 5 rings (SSSR count). The van der Waals surface area contributed by atoms with Crippen molar-refractivity contribution >= 4 is 23.9 Å². The number of carbonyl (C=O) groups excluding carboxylic acids is 1. The van der Waals surface area contributed by atoms with Gasteiger partial charge in [0, 0.05) is 68.9 Å². The lowest BCUT2D eigenvalue weighted by molar-refractivity contribution is -0.109. The Morgan fingerprint density at radius 2 is 2.00 bits per heavy atom. The van der Waals surface area contributed by atoms with Crippen molar-refractivity contribution in [3.05, 3.63) is 59.3 Å². The molecule has 3 heterocycles. The maximum absolute atomic E-state index is 15.0. The van der Waals surface area contributed by atoms with Gasteiger partial charge < -0.3 is 25.2 Å². The Kier molecular flexibility index (Phi) is 8.98. The number of halogens is 2. The van der Waals surface area contributed by atoms with Crippen LogP contribution < -0.4 is 16.1 Å². The molecule has 3 N–H and O–H groups in total. The van der Waals surface area contributed by atoms with Crippen LogP contribution in [0.1, 0.15) is 25.3 Å². The van der Waals surface area contributed by atoms with Gasteiger partial charge in [-0.1, -0.05) is 12.1 Å². The molecule has 0 saturated carbocycles. The van der Waals surface area contributed by atoms with E-state index in [4.69, 9.17) is 4.74 Å². The van der Waals surface area contributed by atoms with Gasteiger partial charge in [0.25, 0.3) is 0 Å². The molecule has 1 unspecified atom stereocenters. The average Bonchev–Trinajstić information content (AvgIpc) is 3.44. The number of ether oxygens (including phenoxy) is 1. The Morgan fingerprint density at radius 3 is 2.74 bits per heavy atom. The van der Waals surface area contributed by atoms with Crippen molar-refractivity contribution in [3.63, 3.8) is 0 Å². The van der Waals surface area contributed by atoms with Crippen molar-refractivity contribution in [2.45, 2.75) is 38.4 Å². The molecule has 2 aromatic rings. The number of anilines is 1. The molecule has 10 heteroatoms. The Balaban J connectivity index is 1.29. The lowest BCUT2D eigenvalue weighted by atomic mass is 9.98. The summed E-state index contributed by atoms with van der Waals surface area (Å²) in [6.07, 6.45) is 6.96. The molecule has 1 saturated heterocycles. The van der Waals surface area contributed by atoms with Crippen molar-refractivity contribution in [2.24, 2.45) is 4.99 Å². The number of carbonyl (C=O) groups is 1. The third kappa shape index (κ3) is 6.36. The number of nitrogens with one attached hydrogen (secondary N) is 3. The second-order valence-electron chi connectivity index (χ2n) is 10.0. The van der Waals surface area contributed by atoms with Crippen LogP contribution in [0.4, 0.5) is 20.2 Å². The fourth-order valence-corrected chi connectivity index (χ4v) is 5.37. The van der Waals surface area contributed by atoms with Crippen molar-refractivity contribution in [2.75, 3.05) is 51.3 Å². The number of hydrogen-bond donors (Lipinski definition) is 3. The van der Waals surface area contributed by atoms with Crippen LogP contribution in [-0.2, 0) is 16.1 Å². The second-order valence-corrected chi connectivity index (χ2v) is 10.0. The number of rotatable bonds is 11. The fourth-order valence-electron chi connectivity index (χ4n) is 5.37. The van der Waals surface area contributed by atoms with E-state index in [1.807, 2.05) is 31.3 Å². The van der Waals surface area contributed by atoms with E-state index in [-0.39, 0.29) is 18.2 Å². The molecule has 0 aromatic heterocycles. The highest BCUT2D eigenvalue weighted by Crippen LogP contribution is 2.40. The van der Waals surface area contributed by atoms with Crippen LogP contribution in [0.2, 0.25) is 0 Å². The minimum Gasteiger partial charge on any atom is -0.380 e. The lowest BCUT2D eigenvalue weighted by Crippen LogP contribution is -2.46. The number of likely N-dealkylation sites (tertiary alicyclic amines) is 1. The average molecular weight is 539 g/mol. The predicted molar refractivity (Wildman–Crippen MR) is 149 cm³/mol. The summed E-state index contributed by atoms with van der Waals surface area (Å²) in [4.78, 5) is 17.7. The summed E-state index contributed by atoms with van der Waals surface area (Å²) in [6, 6.07) is 8.61. The number of piperidine rings is 1.